The van der Waals surface area contributed by atoms with Crippen molar-refractivity contribution in [1.82, 2.24) is 88.9 Å². The minimum absolute atomic E-state index is 0.306. The monoisotopic (exact) mass is 1840 g/mol. The number of imidazole rings is 2. The Morgan fingerprint density at radius 3 is 1.52 bits per heavy atom. The van der Waals surface area contributed by atoms with Gasteiger partial charge in [0.1, 0.15) is 22.0 Å². The van der Waals surface area contributed by atoms with Crippen LogP contribution >= 0.6 is 11.3 Å². The van der Waals surface area contributed by atoms with E-state index in [1.165, 1.54) is 54.3 Å². The number of thiazole rings is 1. The molecule has 12 aromatic heterocycles. The first-order valence-electron chi connectivity index (χ1n) is 46.6. The highest BCUT2D eigenvalue weighted by atomic mass is 32.1. The van der Waals surface area contributed by atoms with Gasteiger partial charge in [0.2, 0.25) is 11.6 Å². The first kappa shape index (κ1) is 84.6. The molecule has 19 nitrogen and oxygen atoms in total. The van der Waals surface area contributed by atoms with Gasteiger partial charge in [-0.1, -0.05) is 218 Å². The molecule has 28 rings (SSSR count). The number of rotatable bonds is 14. The van der Waals surface area contributed by atoms with Gasteiger partial charge in [-0.15, -0.1) is 11.3 Å². The highest BCUT2D eigenvalue weighted by molar-refractivity contribution is 7.21. The molecule has 0 saturated heterocycles. The highest BCUT2D eigenvalue weighted by Crippen LogP contribution is 2.54. The number of nitrogens with zero attached hydrogens (tertiary/aromatic N) is 18. The van der Waals surface area contributed by atoms with E-state index in [0.29, 0.717) is 52.4 Å². The van der Waals surface area contributed by atoms with Crippen LogP contribution in [0.3, 0.4) is 0 Å². The van der Waals surface area contributed by atoms with Crippen LogP contribution in [0.5, 0.6) is 0 Å². The van der Waals surface area contributed by atoms with Gasteiger partial charge in [0, 0.05) is 142 Å². The Labute approximate surface area is 818 Å². The molecule has 2 atom stereocenters. The zero-order chi connectivity index (χ0) is 94.2. The van der Waals surface area contributed by atoms with Crippen LogP contribution in [0, 0.1) is 11.8 Å². The number of pyridine rings is 5. The number of oxazole rings is 1. The lowest BCUT2D eigenvalue weighted by molar-refractivity contribution is 0.568. The maximum Gasteiger partial charge on any atom is 0.266 e. The second-order valence-electron chi connectivity index (χ2n) is 34.5. The van der Waals surface area contributed by atoms with E-state index in [9.17, 15) is 0 Å². The Kier molecular flexibility index (Phi) is 22.1. The third kappa shape index (κ3) is 16.4. The molecule has 0 radical (unpaired) electrons. The van der Waals surface area contributed by atoms with E-state index in [2.05, 4.69) is 337 Å². The van der Waals surface area contributed by atoms with Crippen molar-refractivity contribution in [2.24, 2.45) is 11.8 Å². The molecule has 24 aromatic rings. The molecule has 142 heavy (non-hydrogen) atoms. The summed E-state index contributed by atoms with van der Waals surface area (Å²) in [6.07, 6.45) is 42.0. The molecular formula is C122H78N18OS. The molecule has 668 valence electrons. The Morgan fingerprint density at radius 2 is 0.824 bits per heavy atom. The second-order valence-corrected chi connectivity index (χ2v) is 35.5. The lowest BCUT2D eigenvalue weighted by Crippen LogP contribution is -2.29. The molecule has 0 spiro atoms. The van der Waals surface area contributed by atoms with Gasteiger partial charge >= 0.3 is 0 Å². The van der Waals surface area contributed by atoms with Gasteiger partial charge in [0.05, 0.1) is 38.0 Å². The van der Waals surface area contributed by atoms with E-state index < -0.39 is 0 Å². The van der Waals surface area contributed by atoms with Gasteiger partial charge < -0.3 is 4.42 Å². The molecule has 12 aromatic carbocycles. The lowest BCUT2D eigenvalue weighted by Gasteiger charge is -2.41. The molecule has 0 aliphatic heterocycles. The fraction of sp³-hybridized carbons (Fsp3) is 0.0164. The van der Waals surface area contributed by atoms with Crippen LogP contribution in [0.25, 0.3) is 217 Å². The average molecular weight is 1840 g/mol. The van der Waals surface area contributed by atoms with Gasteiger partial charge in [-0.25, -0.2) is 54.8 Å². The Hall–Kier alpha value is -19.2. The first-order chi connectivity index (χ1) is 70.4. The summed E-state index contributed by atoms with van der Waals surface area (Å²) in [7, 11) is 0. The smallest absolute Gasteiger partial charge is 0.266 e. The maximum atomic E-state index is 5.82. The van der Waals surface area contributed by atoms with E-state index in [-0.39, 0.29) is 0 Å². The van der Waals surface area contributed by atoms with Gasteiger partial charge in [-0.3, -0.25) is 34.1 Å². The summed E-state index contributed by atoms with van der Waals surface area (Å²) in [6.45, 7) is 0. The van der Waals surface area contributed by atoms with Crippen LogP contribution < -0.4 is 0 Å². The van der Waals surface area contributed by atoms with Crippen LogP contribution in [0.2, 0.25) is 0 Å². The topological polar surface area (TPSA) is 229 Å². The third-order valence-electron chi connectivity index (χ3n) is 25.8. The number of aromatic nitrogens is 18. The minimum Gasteiger partial charge on any atom is -0.434 e. The summed E-state index contributed by atoms with van der Waals surface area (Å²) in [4.78, 5) is 73.6. The van der Waals surface area contributed by atoms with Crippen LogP contribution in [-0.4, -0.2) is 88.9 Å². The van der Waals surface area contributed by atoms with Crippen molar-refractivity contribution < 1.29 is 4.42 Å². The molecular weight excluding hydrogens is 1770 g/mol. The summed E-state index contributed by atoms with van der Waals surface area (Å²) in [5, 5.41) is 8.06. The van der Waals surface area contributed by atoms with Crippen molar-refractivity contribution in [3.63, 3.8) is 0 Å². The Morgan fingerprint density at radius 1 is 0.282 bits per heavy atom. The Balaban J connectivity index is 0.000000100. The predicted molar refractivity (Wildman–Crippen MR) is 567 cm³/mol. The van der Waals surface area contributed by atoms with Gasteiger partial charge in [0.15, 0.2) is 28.9 Å². The number of benzene rings is 12. The van der Waals surface area contributed by atoms with Crippen LogP contribution in [0.4, 0.5) is 0 Å². The van der Waals surface area contributed by atoms with E-state index in [4.69, 9.17) is 29.3 Å². The average Bonchev–Trinajstić information content (AvgIpc) is 0.779. The maximum absolute atomic E-state index is 5.82. The fourth-order valence-electron chi connectivity index (χ4n) is 19.3. The predicted octanol–water partition coefficient (Wildman–Crippen LogP) is 28.2. The van der Waals surface area contributed by atoms with Crippen molar-refractivity contribution in [1.29, 1.82) is 0 Å². The fourth-order valence-corrected chi connectivity index (χ4v) is 20.3. The minimum atomic E-state index is 0.306. The normalized spacial score (nSPS) is 13.8. The molecule has 0 amide bonds. The number of hydrogen-bond acceptors (Lipinski definition) is 18. The van der Waals surface area contributed by atoms with Crippen molar-refractivity contribution in [3.05, 3.63) is 491 Å². The zero-order valence-corrected chi connectivity index (χ0v) is 76.7. The molecule has 0 N–H and O–H groups in total. The van der Waals surface area contributed by atoms with E-state index in [0.717, 1.165) is 150 Å². The molecule has 0 fully saturated rings. The number of para-hydroxylation sites is 9. The van der Waals surface area contributed by atoms with Crippen molar-refractivity contribution in [2.45, 2.75) is 0 Å². The molecule has 2 unspecified atom stereocenters. The molecule has 12 heterocycles. The summed E-state index contributed by atoms with van der Waals surface area (Å²) in [6, 6.07) is 114. The largest absolute Gasteiger partial charge is 0.434 e. The Bertz CT molecular complexity index is 9110. The first-order valence-corrected chi connectivity index (χ1v) is 47.5. The number of hydrogen-bond donors (Lipinski definition) is 0. The van der Waals surface area contributed by atoms with Gasteiger partial charge in [-0.2, -0.15) is 0 Å². The van der Waals surface area contributed by atoms with Gasteiger partial charge in [0.25, 0.3) is 5.89 Å². The van der Waals surface area contributed by atoms with Crippen LogP contribution in [0.1, 0.15) is 5.56 Å². The lowest BCUT2D eigenvalue weighted by atomic mass is 9.62. The summed E-state index contributed by atoms with van der Waals surface area (Å²) < 4.78 is 11.4. The SMILES string of the molecule is C1=CC2=CC=C3C=CC=C4C(c5cc(-c6cccnc6)cc(-c6nc7ccccc7s6)c5)=CC(=C1)C2C34.c1ccc(-n2c(-c3cc(-c4cc5ccccc5c5ccccc45)nc(-c4cccnc4)n3)nc3ccccc32)cc1.c1ccc(-n2c(-c3cc(-c4cccnc4)cc(-c4cccc5ccncc45)c3)nc3ccccc32)cc1.c1cnc(-c2nc(-c3cccnc3)nc(-c3nc4ccccc4o3)n2)nc1. The molecule has 0 bridgehead atoms. The van der Waals surface area contributed by atoms with Gasteiger partial charge in [-0.05, 0) is 252 Å². The zero-order valence-electron chi connectivity index (χ0n) is 75.9. The summed E-state index contributed by atoms with van der Waals surface area (Å²) >= 11 is 1.75. The third-order valence-corrected chi connectivity index (χ3v) is 26.9. The molecule has 4 aliphatic carbocycles. The summed E-state index contributed by atoms with van der Waals surface area (Å²) in [5.41, 5.74) is 29.7. The van der Waals surface area contributed by atoms with Crippen LogP contribution in [0.15, 0.2) is 489 Å². The van der Waals surface area contributed by atoms with E-state index >= 15 is 0 Å². The highest BCUT2D eigenvalue weighted by Gasteiger charge is 2.40. The van der Waals surface area contributed by atoms with E-state index in [1.54, 1.807) is 54.6 Å². The quantitative estimate of drug-likeness (QED) is 0.0921. The van der Waals surface area contributed by atoms with Crippen molar-refractivity contribution in [2.75, 3.05) is 0 Å². The standard InChI is InChI=1S/C36H23N5.C34H22N2S.C33H22N4.C19H11N7O/c1-2-13-26(14-3-1)41-34-19-9-8-18-31(34)40-36(41)33-22-32(38-35(39-33)25-12-10-20-37-23-25)30-21-24-11-4-5-15-27(24)28-16-6-7-17-29(28)30;1-2-12-31-30(11-1)36-34(37-31)27-17-25(24-9-5-15-35-20-24)16-26(18-27)29-19-23-8-3-6-21-13-14-22-7-4-10-28(29)33(22)32(21)23;1-2-10-28(11-3-1)37-32-14-5-4-13-31(32)36-33(37)27-19-25(24-9-7-16-34-21-24)18-26(20-27)29-12-6-8-23-15-17-35-22-30(23)29;1-2-7-14-13(6-1)23-19(27-14)18-25-15(12-5-3-8-20-11-12)24-17(26-18)16-21-9-4-10-22-16/h1-23H;1-20,32-33H;1-22H;1-11H. The molecule has 4 aliphatic rings. The van der Waals surface area contributed by atoms with Crippen LogP contribution in [-0.2, 0) is 0 Å². The van der Waals surface area contributed by atoms with Crippen molar-refractivity contribution in [3.8, 4) is 136 Å². The number of allylic oxidation sites excluding steroid dienone is 14. The second kappa shape index (κ2) is 37.1. The van der Waals surface area contributed by atoms with Crippen molar-refractivity contribution >= 4 is 92.6 Å². The molecule has 0 saturated carbocycles. The summed E-state index contributed by atoms with van der Waals surface area (Å²) in [5.74, 6) is 4.80. The molecule has 20 heteroatoms. The van der Waals surface area contributed by atoms with E-state index in [1.807, 2.05) is 146 Å². The number of fused-ring (bicyclic) bond motifs is 8.